The van der Waals surface area contributed by atoms with Gasteiger partial charge in [0.15, 0.2) is 0 Å². The number of hydrogen-bond acceptors (Lipinski definition) is 4. The number of carbonyl (C=O) groups excluding carboxylic acids is 1. The number of hydrogen-bond donors (Lipinski definition) is 1. The van der Waals surface area contributed by atoms with Gasteiger partial charge in [0.1, 0.15) is 11.0 Å². The minimum absolute atomic E-state index is 0. The fourth-order valence-corrected chi connectivity index (χ4v) is 7.75. The summed E-state index contributed by atoms with van der Waals surface area (Å²) in [6.45, 7) is 8.34. The highest BCUT2D eigenvalue weighted by Gasteiger charge is 2.51. The molecule has 2 aromatic carbocycles. The van der Waals surface area contributed by atoms with Crippen LogP contribution in [0.4, 0.5) is 11.4 Å². The molecule has 0 spiro atoms. The summed E-state index contributed by atoms with van der Waals surface area (Å²) in [6.07, 6.45) is 8.66. The SMILES string of the molecule is CCN(CC)c1ccc(-n2nc3cc(C)c(NC(=O)CC45CC6CC(CC(C6)C4)C5)cc3n2)cc1.Cl. The van der Waals surface area contributed by atoms with Crippen molar-refractivity contribution in [3.63, 3.8) is 0 Å². The molecule has 0 unspecified atom stereocenters. The molecule has 36 heavy (non-hydrogen) atoms. The van der Waals surface area contributed by atoms with Crippen LogP contribution in [0.15, 0.2) is 36.4 Å². The summed E-state index contributed by atoms with van der Waals surface area (Å²) in [5.41, 5.74) is 5.91. The Morgan fingerprint density at radius 1 is 0.972 bits per heavy atom. The molecule has 0 saturated heterocycles. The molecule has 4 aliphatic carbocycles. The first-order chi connectivity index (χ1) is 16.9. The number of fused-ring (bicyclic) bond motifs is 1. The third-order valence-electron chi connectivity index (χ3n) is 8.91. The molecule has 4 aliphatic rings. The van der Waals surface area contributed by atoms with Crippen LogP contribution in [0.25, 0.3) is 16.7 Å². The zero-order valence-electron chi connectivity index (χ0n) is 21.7. The van der Waals surface area contributed by atoms with E-state index in [1.165, 1.54) is 44.2 Å². The van der Waals surface area contributed by atoms with Crippen LogP contribution >= 0.6 is 12.4 Å². The predicted molar refractivity (Wildman–Crippen MR) is 148 cm³/mol. The van der Waals surface area contributed by atoms with Crippen molar-refractivity contribution in [1.29, 1.82) is 0 Å². The van der Waals surface area contributed by atoms with Gasteiger partial charge in [-0.1, -0.05) is 0 Å². The Balaban J connectivity index is 0.00000267. The van der Waals surface area contributed by atoms with E-state index in [1.54, 1.807) is 4.80 Å². The number of aryl methyl sites for hydroxylation is 1. The smallest absolute Gasteiger partial charge is 0.224 e. The Kier molecular flexibility index (Phi) is 6.75. The average molecular weight is 508 g/mol. The van der Waals surface area contributed by atoms with Gasteiger partial charge in [-0.3, -0.25) is 4.79 Å². The predicted octanol–water partition coefficient (Wildman–Crippen LogP) is 6.54. The minimum atomic E-state index is 0. The van der Waals surface area contributed by atoms with Gasteiger partial charge in [0, 0.05) is 30.9 Å². The molecule has 192 valence electrons. The number of rotatable bonds is 7. The second-order valence-corrected chi connectivity index (χ2v) is 11.5. The number of anilines is 2. The van der Waals surface area contributed by atoms with E-state index in [2.05, 4.69) is 48.3 Å². The van der Waals surface area contributed by atoms with Crippen molar-refractivity contribution in [2.24, 2.45) is 23.2 Å². The van der Waals surface area contributed by atoms with Crippen molar-refractivity contribution in [3.05, 3.63) is 42.0 Å². The second kappa shape index (κ2) is 9.70. The van der Waals surface area contributed by atoms with Crippen molar-refractivity contribution in [1.82, 2.24) is 15.0 Å². The molecule has 4 fully saturated rings. The largest absolute Gasteiger partial charge is 0.372 e. The number of nitrogens with one attached hydrogen (secondary N) is 1. The van der Waals surface area contributed by atoms with Crippen molar-refractivity contribution in [2.45, 2.75) is 65.7 Å². The highest BCUT2D eigenvalue weighted by molar-refractivity contribution is 5.94. The summed E-state index contributed by atoms with van der Waals surface area (Å²) in [6, 6.07) is 12.4. The topological polar surface area (TPSA) is 63.1 Å². The van der Waals surface area contributed by atoms with Gasteiger partial charge in [0.25, 0.3) is 0 Å². The maximum atomic E-state index is 13.2. The van der Waals surface area contributed by atoms with Crippen LogP contribution in [0.3, 0.4) is 0 Å². The van der Waals surface area contributed by atoms with E-state index in [1.807, 2.05) is 19.1 Å². The number of amides is 1. The zero-order valence-corrected chi connectivity index (χ0v) is 22.5. The van der Waals surface area contributed by atoms with Crippen molar-refractivity contribution in [3.8, 4) is 5.69 Å². The van der Waals surface area contributed by atoms with Crippen molar-refractivity contribution >= 4 is 40.7 Å². The first-order valence-corrected chi connectivity index (χ1v) is 13.5. The van der Waals surface area contributed by atoms with E-state index in [0.717, 1.165) is 58.8 Å². The van der Waals surface area contributed by atoms with E-state index in [0.29, 0.717) is 6.42 Å². The Bertz CT molecular complexity index is 1210. The Labute approximate surface area is 220 Å². The molecule has 0 aliphatic heterocycles. The quantitative estimate of drug-likeness (QED) is 0.394. The molecule has 1 heterocycles. The molecule has 7 rings (SSSR count). The summed E-state index contributed by atoms with van der Waals surface area (Å²) < 4.78 is 0. The highest BCUT2D eigenvalue weighted by Crippen LogP contribution is 2.61. The molecule has 1 aromatic heterocycles. The number of halogens is 1. The van der Waals surface area contributed by atoms with Gasteiger partial charge in [0.2, 0.25) is 5.91 Å². The van der Waals surface area contributed by atoms with E-state index in [9.17, 15) is 4.79 Å². The molecule has 0 radical (unpaired) electrons. The summed E-state index contributed by atoms with van der Waals surface area (Å²) in [7, 11) is 0. The van der Waals surface area contributed by atoms with E-state index in [4.69, 9.17) is 10.2 Å². The van der Waals surface area contributed by atoms with Gasteiger partial charge in [0.05, 0.1) is 5.69 Å². The number of carbonyl (C=O) groups is 1. The lowest BCUT2D eigenvalue weighted by Crippen LogP contribution is -2.47. The van der Waals surface area contributed by atoms with Crippen LogP contribution in [0.5, 0.6) is 0 Å². The monoisotopic (exact) mass is 507 g/mol. The highest BCUT2D eigenvalue weighted by atomic mass is 35.5. The average Bonchev–Trinajstić information content (AvgIpc) is 3.22. The maximum Gasteiger partial charge on any atom is 0.224 e. The fraction of sp³-hybridized carbons (Fsp3) is 0.552. The molecule has 0 atom stereocenters. The zero-order chi connectivity index (χ0) is 24.2. The molecular weight excluding hydrogens is 470 g/mol. The Hall–Kier alpha value is -2.60. The third-order valence-corrected chi connectivity index (χ3v) is 8.91. The maximum absolute atomic E-state index is 13.2. The second-order valence-electron chi connectivity index (χ2n) is 11.5. The molecule has 7 heteroatoms. The molecule has 1 N–H and O–H groups in total. The lowest BCUT2D eigenvalue weighted by Gasteiger charge is -2.56. The summed E-state index contributed by atoms with van der Waals surface area (Å²) in [5.74, 6) is 2.75. The summed E-state index contributed by atoms with van der Waals surface area (Å²) in [5, 5.41) is 12.7. The third kappa shape index (κ3) is 4.60. The lowest BCUT2D eigenvalue weighted by molar-refractivity contribution is -0.124. The molecule has 3 aromatic rings. The Morgan fingerprint density at radius 3 is 2.08 bits per heavy atom. The van der Waals surface area contributed by atoms with Crippen LogP contribution in [0.1, 0.15) is 64.4 Å². The van der Waals surface area contributed by atoms with E-state index in [-0.39, 0.29) is 23.7 Å². The van der Waals surface area contributed by atoms with Gasteiger partial charge in [-0.2, -0.15) is 4.80 Å². The molecule has 4 saturated carbocycles. The molecule has 4 bridgehead atoms. The molecule has 6 nitrogen and oxygen atoms in total. The summed E-state index contributed by atoms with van der Waals surface area (Å²) in [4.78, 5) is 17.2. The minimum Gasteiger partial charge on any atom is -0.372 e. The van der Waals surface area contributed by atoms with E-state index >= 15 is 0 Å². The first-order valence-electron chi connectivity index (χ1n) is 13.5. The first kappa shape index (κ1) is 25.1. The van der Waals surface area contributed by atoms with Gasteiger partial charge in [-0.05, 0) is 124 Å². The standard InChI is InChI=1S/C29H37N5O.ClH/c1-4-33(5-2)23-6-8-24(9-7-23)34-31-26-10-19(3)25(14-27(26)32-34)30-28(35)18-29-15-20-11-21(16-29)13-22(12-20)17-29;/h6-10,14,20-22H,4-5,11-13,15-18H2,1-3H3,(H,30,35);1H. The number of benzene rings is 2. The van der Waals surface area contributed by atoms with Crippen LogP contribution < -0.4 is 10.2 Å². The van der Waals surface area contributed by atoms with Crippen molar-refractivity contribution in [2.75, 3.05) is 23.3 Å². The molecular formula is C29H38ClN5O. The van der Waals surface area contributed by atoms with Crippen LogP contribution in [-0.2, 0) is 4.79 Å². The van der Waals surface area contributed by atoms with Crippen LogP contribution in [-0.4, -0.2) is 34.0 Å². The van der Waals surface area contributed by atoms with Crippen molar-refractivity contribution < 1.29 is 4.79 Å². The number of nitrogens with zero attached hydrogens (tertiary/aromatic N) is 4. The fourth-order valence-electron chi connectivity index (χ4n) is 7.75. The van der Waals surface area contributed by atoms with Gasteiger partial charge >= 0.3 is 0 Å². The Morgan fingerprint density at radius 2 is 1.53 bits per heavy atom. The molecule has 1 amide bonds. The normalized spacial score (nSPS) is 26.1. The van der Waals surface area contributed by atoms with Crippen LogP contribution in [0.2, 0.25) is 0 Å². The van der Waals surface area contributed by atoms with Gasteiger partial charge in [-0.25, -0.2) is 0 Å². The van der Waals surface area contributed by atoms with Gasteiger partial charge < -0.3 is 10.2 Å². The van der Waals surface area contributed by atoms with E-state index < -0.39 is 0 Å². The lowest BCUT2D eigenvalue weighted by atomic mass is 9.49. The van der Waals surface area contributed by atoms with Gasteiger partial charge in [-0.15, -0.1) is 22.6 Å². The van der Waals surface area contributed by atoms with Crippen LogP contribution in [0, 0.1) is 30.1 Å². The summed E-state index contributed by atoms with van der Waals surface area (Å²) >= 11 is 0. The number of aromatic nitrogens is 3.